The summed E-state index contributed by atoms with van der Waals surface area (Å²) >= 11 is 0. The number of Topliss-reactive ketones (excluding diaryl/α,β-unsaturated/α-hetero) is 2. The molecule has 0 aliphatic rings. The summed E-state index contributed by atoms with van der Waals surface area (Å²) in [5.41, 5.74) is 0. The summed E-state index contributed by atoms with van der Waals surface area (Å²) in [5, 5.41) is 8.29. The molecule has 0 saturated carbocycles. The Kier molecular flexibility index (Phi) is 9.85. The molecule has 0 unspecified atom stereocenters. The minimum atomic E-state index is -0.172. The number of carbonyl (C=O) groups is 2. The normalized spacial score (nSPS) is 8.55. The fourth-order valence-corrected chi connectivity index (χ4v) is 0.558. The van der Waals surface area contributed by atoms with Gasteiger partial charge >= 0.3 is 0 Å². The van der Waals surface area contributed by atoms with Gasteiger partial charge in [-0.05, 0) is 0 Å². The van der Waals surface area contributed by atoms with Crippen molar-refractivity contribution in [3.63, 3.8) is 0 Å². The van der Waals surface area contributed by atoms with Crippen LogP contribution < -0.4 is 0 Å². The average Bonchev–Trinajstić information content (AvgIpc) is 1.88. The van der Waals surface area contributed by atoms with E-state index in [0.29, 0.717) is 6.42 Å². The summed E-state index contributed by atoms with van der Waals surface area (Å²) < 4.78 is 0. The first-order valence-electron chi connectivity index (χ1n) is 3.35. The second-order valence-electron chi connectivity index (χ2n) is 2.08. The fourth-order valence-electron chi connectivity index (χ4n) is 0.558. The maximum absolute atomic E-state index is 10.6. The molecule has 0 aromatic carbocycles. The van der Waals surface area contributed by atoms with Crippen LogP contribution in [0.4, 0.5) is 0 Å². The molecule has 0 aromatic heterocycles. The molecule has 60 valence electrons. The van der Waals surface area contributed by atoms with Crippen LogP contribution in [0.15, 0.2) is 0 Å². The number of ketones is 2. The van der Waals surface area contributed by atoms with Crippen molar-refractivity contribution in [2.45, 2.75) is 26.2 Å². The zero-order valence-corrected chi connectivity index (χ0v) is 9.77. The molecule has 0 radical (unpaired) electrons. The molecule has 11 heavy (non-hydrogen) atoms. The molecule has 3 nitrogen and oxygen atoms in total. The molecule has 0 bridgehead atoms. The first-order chi connectivity index (χ1) is 4.70. The first-order valence-corrected chi connectivity index (χ1v) is 3.35. The Balaban J connectivity index is 0. The first kappa shape index (κ1) is 13.5. The van der Waals surface area contributed by atoms with Gasteiger partial charge in [-0.15, -0.1) is 0 Å². The predicted octanol–water partition coefficient (Wildman–Crippen LogP) is 0.305. The van der Waals surface area contributed by atoms with Crippen molar-refractivity contribution in [3.8, 4) is 0 Å². The molecule has 0 saturated heterocycles. The SMILES string of the molecule is CCC(=O)CC(=O)CCO.[Zn]. The van der Waals surface area contributed by atoms with E-state index in [1.807, 2.05) is 0 Å². The second-order valence-corrected chi connectivity index (χ2v) is 2.08. The third-order valence-electron chi connectivity index (χ3n) is 1.18. The summed E-state index contributed by atoms with van der Waals surface area (Å²) in [4.78, 5) is 21.2. The van der Waals surface area contributed by atoms with Crippen molar-refractivity contribution in [1.29, 1.82) is 0 Å². The molecular weight excluding hydrogens is 197 g/mol. The number of carbonyl (C=O) groups excluding carboxylic acids is 2. The van der Waals surface area contributed by atoms with Crippen LogP contribution in [0.3, 0.4) is 0 Å². The van der Waals surface area contributed by atoms with Crippen molar-refractivity contribution < 1.29 is 34.2 Å². The molecule has 0 spiro atoms. The van der Waals surface area contributed by atoms with Crippen molar-refractivity contribution in [2.24, 2.45) is 0 Å². The minimum absolute atomic E-state index is 0. The van der Waals surface area contributed by atoms with Crippen LogP contribution in [-0.2, 0) is 29.1 Å². The molecule has 0 rings (SSSR count). The van der Waals surface area contributed by atoms with Crippen LogP contribution in [0.2, 0.25) is 0 Å². The quantitative estimate of drug-likeness (QED) is 0.524. The molecule has 0 heterocycles. The Morgan fingerprint density at radius 1 is 1.27 bits per heavy atom. The zero-order valence-electron chi connectivity index (χ0n) is 6.80. The third-order valence-corrected chi connectivity index (χ3v) is 1.18. The van der Waals surface area contributed by atoms with Crippen LogP contribution in [0.25, 0.3) is 0 Å². The Morgan fingerprint density at radius 2 is 1.82 bits per heavy atom. The standard InChI is InChI=1S/C7H12O3.Zn/c1-2-6(9)5-7(10)3-4-8;/h8H,2-5H2,1H3;. The smallest absolute Gasteiger partial charge is 0.142 e. The molecule has 0 aliphatic heterocycles. The van der Waals surface area contributed by atoms with Crippen LogP contribution in [0, 0.1) is 0 Å². The molecular formula is C7H12O3Zn. The monoisotopic (exact) mass is 208 g/mol. The minimum Gasteiger partial charge on any atom is -0.396 e. The number of hydrogen-bond donors (Lipinski definition) is 1. The summed E-state index contributed by atoms with van der Waals surface area (Å²) in [6.07, 6.45) is 0.486. The van der Waals surface area contributed by atoms with Gasteiger partial charge in [0.1, 0.15) is 11.6 Å². The van der Waals surface area contributed by atoms with E-state index in [-0.39, 0.29) is 50.5 Å². The van der Waals surface area contributed by atoms with Gasteiger partial charge in [-0.3, -0.25) is 9.59 Å². The molecule has 0 aromatic rings. The summed E-state index contributed by atoms with van der Waals surface area (Å²) in [7, 11) is 0. The van der Waals surface area contributed by atoms with E-state index in [2.05, 4.69) is 0 Å². The maximum Gasteiger partial charge on any atom is 0.142 e. The summed E-state index contributed by atoms with van der Waals surface area (Å²) in [6.45, 7) is 1.56. The van der Waals surface area contributed by atoms with Crippen molar-refractivity contribution >= 4 is 11.6 Å². The third kappa shape index (κ3) is 7.82. The maximum atomic E-state index is 10.6. The number of rotatable bonds is 5. The number of aliphatic hydroxyl groups excluding tert-OH is 1. The van der Waals surface area contributed by atoms with Crippen molar-refractivity contribution in [2.75, 3.05) is 6.61 Å². The van der Waals surface area contributed by atoms with Crippen LogP contribution in [-0.4, -0.2) is 23.3 Å². The van der Waals surface area contributed by atoms with Gasteiger partial charge in [-0.2, -0.15) is 0 Å². The Morgan fingerprint density at radius 3 is 2.18 bits per heavy atom. The summed E-state index contributed by atoms with van der Waals surface area (Å²) in [5.74, 6) is -0.229. The number of hydrogen-bond acceptors (Lipinski definition) is 3. The van der Waals surface area contributed by atoms with E-state index in [9.17, 15) is 9.59 Å². The van der Waals surface area contributed by atoms with Crippen LogP contribution in [0.1, 0.15) is 26.2 Å². The van der Waals surface area contributed by atoms with E-state index in [1.165, 1.54) is 0 Å². The molecule has 0 aliphatic carbocycles. The molecule has 1 N–H and O–H groups in total. The van der Waals surface area contributed by atoms with Gasteiger partial charge in [0, 0.05) is 38.9 Å². The molecule has 0 atom stereocenters. The molecule has 4 heteroatoms. The Labute approximate surface area is 78.9 Å². The molecule has 0 fully saturated rings. The van der Waals surface area contributed by atoms with Crippen LogP contribution in [0.5, 0.6) is 0 Å². The van der Waals surface area contributed by atoms with Gasteiger partial charge in [0.05, 0.1) is 6.42 Å². The van der Waals surface area contributed by atoms with Gasteiger partial charge < -0.3 is 5.11 Å². The second kappa shape index (κ2) is 8.02. The van der Waals surface area contributed by atoms with E-state index in [0.717, 1.165) is 0 Å². The van der Waals surface area contributed by atoms with Gasteiger partial charge in [-0.25, -0.2) is 0 Å². The van der Waals surface area contributed by atoms with Gasteiger partial charge in [0.15, 0.2) is 0 Å². The van der Waals surface area contributed by atoms with Crippen LogP contribution >= 0.6 is 0 Å². The summed E-state index contributed by atoms with van der Waals surface area (Å²) in [6, 6.07) is 0. The number of aliphatic hydroxyl groups is 1. The average molecular weight is 210 g/mol. The van der Waals surface area contributed by atoms with E-state index in [4.69, 9.17) is 5.11 Å². The topological polar surface area (TPSA) is 54.4 Å². The zero-order chi connectivity index (χ0) is 7.98. The van der Waals surface area contributed by atoms with E-state index < -0.39 is 0 Å². The molecule has 0 amide bonds. The largest absolute Gasteiger partial charge is 0.396 e. The van der Waals surface area contributed by atoms with E-state index >= 15 is 0 Å². The fraction of sp³-hybridized carbons (Fsp3) is 0.714. The van der Waals surface area contributed by atoms with Gasteiger partial charge in [-0.1, -0.05) is 6.92 Å². The van der Waals surface area contributed by atoms with Gasteiger partial charge in [0.2, 0.25) is 0 Å². The predicted molar refractivity (Wildman–Crippen MR) is 36.6 cm³/mol. The van der Waals surface area contributed by atoms with Crippen molar-refractivity contribution in [3.05, 3.63) is 0 Å². The Hall–Kier alpha value is -0.0766. The Bertz CT molecular complexity index is 134. The van der Waals surface area contributed by atoms with E-state index in [1.54, 1.807) is 6.92 Å². The van der Waals surface area contributed by atoms with Crippen molar-refractivity contribution in [1.82, 2.24) is 0 Å². The van der Waals surface area contributed by atoms with Gasteiger partial charge in [0.25, 0.3) is 0 Å².